The summed E-state index contributed by atoms with van der Waals surface area (Å²) in [4.78, 5) is 5.34. The second kappa shape index (κ2) is 13.4. The van der Waals surface area contributed by atoms with Gasteiger partial charge in [-0.2, -0.15) is 11.3 Å². The van der Waals surface area contributed by atoms with Crippen molar-refractivity contribution in [1.29, 1.82) is 0 Å². The van der Waals surface area contributed by atoms with Crippen LogP contribution in [0.25, 0.3) is 0 Å². The molecule has 2 atom stereocenters. The predicted molar refractivity (Wildman–Crippen MR) is 156 cm³/mol. The van der Waals surface area contributed by atoms with Gasteiger partial charge in [-0.05, 0) is 97.1 Å². The van der Waals surface area contributed by atoms with Gasteiger partial charge in [-0.3, -0.25) is 4.90 Å². The monoisotopic (exact) mass is 550 g/mol. The van der Waals surface area contributed by atoms with Crippen LogP contribution in [0, 0.1) is 11.8 Å². The van der Waals surface area contributed by atoms with Gasteiger partial charge in [0.2, 0.25) is 0 Å². The van der Waals surface area contributed by atoms with Crippen LogP contribution in [0.2, 0.25) is 10.0 Å². The highest BCUT2D eigenvalue weighted by atomic mass is 35.5. The fourth-order valence-corrected chi connectivity index (χ4v) is 7.98. The Bertz CT molecular complexity index is 923. The van der Waals surface area contributed by atoms with Gasteiger partial charge in [0.15, 0.2) is 0 Å². The Kier molecular flexibility index (Phi) is 10.6. The van der Waals surface area contributed by atoms with Crippen molar-refractivity contribution in [1.82, 2.24) is 9.80 Å². The number of rotatable bonds is 12. The van der Waals surface area contributed by atoms with Gasteiger partial charge in [0.25, 0.3) is 0 Å². The molecule has 3 heterocycles. The fourth-order valence-electron chi connectivity index (χ4n) is 6.79. The fraction of sp³-hybridized carbons (Fsp3) is 0.667. The predicted octanol–water partition coefficient (Wildman–Crippen LogP) is 8.36. The van der Waals surface area contributed by atoms with Gasteiger partial charge in [0.05, 0.1) is 5.60 Å². The van der Waals surface area contributed by atoms with E-state index >= 15 is 0 Å². The summed E-state index contributed by atoms with van der Waals surface area (Å²) in [5, 5.41) is 6.06. The Labute approximate surface area is 233 Å². The van der Waals surface area contributed by atoms with Crippen LogP contribution in [-0.4, -0.2) is 55.2 Å². The zero-order valence-corrected chi connectivity index (χ0v) is 24.7. The molecule has 1 aromatic heterocycles. The average Bonchev–Trinajstić information content (AvgIpc) is 3.52. The summed E-state index contributed by atoms with van der Waals surface area (Å²) in [5.74, 6) is 2.04. The molecule has 2 saturated heterocycles. The molecule has 0 amide bonds. The molecule has 0 saturated carbocycles. The van der Waals surface area contributed by atoms with Crippen molar-refractivity contribution in [2.45, 2.75) is 76.9 Å². The molecule has 6 heteroatoms. The smallest absolute Gasteiger partial charge is 0.0681 e. The first-order chi connectivity index (χ1) is 17.4. The molecule has 0 spiro atoms. The lowest BCUT2D eigenvalue weighted by atomic mass is 9.79. The first kappa shape index (κ1) is 28.4. The zero-order valence-electron chi connectivity index (χ0n) is 22.4. The number of methoxy groups -OCH3 is 1. The van der Waals surface area contributed by atoms with E-state index in [4.69, 9.17) is 27.9 Å². The lowest BCUT2D eigenvalue weighted by Gasteiger charge is -2.40. The number of hydrogen-bond acceptors (Lipinski definition) is 4. The van der Waals surface area contributed by atoms with Crippen molar-refractivity contribution in [2.75, 3.05) is 39.8 Å². The number of piperidine rings is 1. The van der Waals surface area contributed by atoms with Crippen LogP contribution in [0.15, 0.2) is 35.0 Å². The van der Waals surface area contributed by atoms with Crippen LogP contribution >= 0.6 is 34.5 Å². The first-order valence-electron chi connectivity index (χ1n) is 13.9. The van der Waals surface area contributed by atoms with E-state index in [2.05, 4.69) is 46.5 Å². The quantitative estimate of drug-likeness (QED) is 0.264. The molecule has 2 aliphatic heterocycles. The summed E-state index contributed by atoms with van der Waals surface area (Å²) in [6.07, 6.45) is 8.63. The number of ether oxygens (including phenoxy) is 1. The van der Waals surface area contributed by atoms with Crippen LogP contribution in [0.3, 0.4) is 0 Å². The van der Waals surface area contributed by atoms with Crippen molar-refractivity contribution >= 4 is 34.5 Å². The molecule has 0 aliphatic carbocycles. The molecule has 2 aromatic rings. The normalized spacial score (nSPS) is 22.5. The van der Waals surface area contributed by atoms with Crippen LogP contribution in [-0.2, 0) is 11.3 Å². The highest BCUT2D eigenvalue weighted by Crippen LogP contribution is 2.38. The summed E-state index contributed by atoms with van der Waals surface area (Å²) < 4.78 is 6.15. The van der Waals surface area contributed by atoms with Gasteiger partial charge in [-0.25, -0.2) is 0 Å². The minimum Gasteiger partial charge on any atom is -0.378 e. The number of thiophene rings is 1. The Hall–Kier alpha value is -0.620. The summed E-state index contributed by atoms with van der Waals surface area (Å²) in [6, 6.07) is 8.24. The summed E-state index contributed by atoms with van der Waals surface area (Å²) in [7, 11) is 1.94. The van der Waals surface area contributed by atoms with E-state index in [0.29, 0.717) is 16.9 Å². The Morgan fingerprint density at radius 2 is 1.78 bits per heavy atom. The van der Waals surface area contributed by atoms with Crippen LogP contribution < -0.4 is 0 Å². The van der Waals surface area contributed by atoms with Gasteiger partial charge in [-0.1, -0.05) is 56.0 Å². The highest BCUT2D eigenvalue weighted by molar-refractivity contribution is 7.08. The highest BCUT2D eigenvalue weighted by Gasteiger charge is 2.37. The first-order valence-corrected chi connectivity index (χ1v) is 15.6. The van der Waals surface area contributed by atoms with Crippen molar-refractivity contribution in [3.63, 3.8) is 0 Å². The maximum absolute atomic E-state index is 6.52. The maximum atomic E-state index is 6.52. The summed E-state index contributed by atoms with van der Waals surface area (Å²) in [5.41, 5.74) is 2.77. The van der Waals surface area contributed by atoms with E-state index in [0.717, 1.165) is 30.6 Å². The number of halogens is 2. The van der Waals surface area contributed by atoms with Crippen molar-refractivity contribution in [3.05, 3.63) is 56.2 Å². The molecule has 0 N–H and O–H groups in total. The van der Waals surface area contributed by atoms with E-state index in [1.165, 1.54) is 75.7 Å². The molecule has 1 aromatic carbocycles. The number of hydrogen-bond donors (Lipinski definition) is 0. The van der Waals surface area contributed by atoms with Gasteiger partial charge < -0.3 is 9.64 Å². The van der Waals surface area contributed by atoms with Gasteiger partial charge in [0.1, 0.15) is 0 Å². The minimum absolute atomic E-state index is 0.0925. The summed E-state index contributed by atoms with van der Waals surface area (Å²) in [6.45, 7) is 11.3. The zero-order chi connectivity index (χ0) is 25.5. The molecule has 0 unspecified atom stereocenters. The Morgan fingerprint density at radius 1 is 1.03 bits per heavy atom. The molecular formula is C30H44Cl2N2OS. The summed E-state index contributed by atoms with van der Waals surface area (Å²) >= 11 is 14.5. The third-order valence-electron chi connectivity index (χ3n) is 8.60. The van der Waals surface area contributed by atoms with Crippen LogP contribution in [0.1, 0.15) is 75.8 Å². The molecule has 0 bridgehead atoms. The molecular weight excluding hydrogens is 507 g/mol. The molecule has 36 heavy (non-hydrogen) atoms. The SMILES string of the molecule is CCCC(CCC)(CC1CCN(C[C@H]2CN(Cc3ccc(Cl)cc3Cl)C[C@@H]2c2ccsc2)CC1)OC. The van der Waals surface area contributed by atoms with E-state index in [9.17, 15) is 0 Å². The third-order valence-corrected chi connectivity index (χ3v) is 9.89. The van der Waals surface area contributed by atoms with E-state index in [1.807, 2.05) is 30.6 Å². The van der Waals surface area contributed by atoms with Gasteiger partial charge in [0, 0.05) is 49.3 Å². The van der Waals surface area contributed by atoms with Crippen molar-refractivity contribution in [3.8, 4) is 0 Å². The minimum atomic E-state index is 0.0925. The molecule has 3 nitrogen and oxygen atoms in total. The Morgan fingerprint density at radius 3 is 2.39 bits per heavy atom. The van der Waals surface area contributed by atoms with Crippen molar-refractivity contribution < 1.29 is 4.74 Å². The Balaban J connectivity index is 1.35. The van der Waals surface area contributed by atoms with Crippen molar-refractivity contribution in [2.24, 2.45) is 11.8 Å². The maximum Gasteiger partial charge on any atom is 0.0681 e. The van der Waals surface area contributed by atoms with Crippen LogP contribution in [0.5, 0.6) is 0 Å². The lowest BCUT2D eigenvalue weighted by Crippen LogP contribution is -2.41. The second-order valence-corrected chi connectivity index (χ2v) is 12.8. The second-order valence-electron chi connectivity index (χ2n) is 11.2. The third kappa shape index (κ3) is 7.27. The van der Waals surface area contributed by atoms with Gasteiger partial charge >= 0.3 is 0 Å². The average molecular weight is 552 g/mol. The van der Waals surface area contributed by atoms with Crippen LogP contribution in [0.4, 0.5) is 0 Å². The molecule has 2 aliphatic rings. The topological polar surface area (TPSA) is 15.7 Å². The number of benzene rings is 1. The van der Waals surface area contributed by atoms with Gasteiger partial charge in [-0.15, -0.1) is 0 Å². The van der Waals surface area contributed by atoms with E-state index in [1.54, 1.807) is 0 Å². The lowest BCUT2D eigenvalue weighted by molar-refractivity contribution is -0.0500. The number of nitrogens with zero attached hydrogens (tertiary/aromatic N) is 2. The molecule has 200 valence electrons. The molecule has 2 fully saturated rings. The number of likely N-dealkylation sites (tertiary alicyclic amines) is 2. The van der Waals surface area contributed by atoms with E-state index in [-0.39, 0.29) is 5.60 Å². The largest absolute Gasteiger partial charge is 0.378 e. The molecule has 0 radical (unpaired) electrons. The standard InChI is InChI=1S/C30H44Cl2N2OS/c1-4-11-30(35-3,12-5-2)17-23-8-13-33(14-9-23)19-26-20-34(21-28(26)25-10-15-36-22-25)18-24-6-7-27(31)16-29(24)32/h6-7,10,15-16,22-23,26,28H,4-5,8-9,11-14,17-21H2,1-3H3/t26-,28+/m0/s1. The van der Waals surface area contributed by atoms with E-state index < -0.39 is 0 Å². The molecule has 4 rings (SSSR count).